The number of phenols is 1. The van der Waals surface area contributed by atoms with Gasteiger partial charge in [-0.3, -0.25) is 4.79 Å². The van der Waals surface area contributed by atoms with E-state index in [-0.39, 0.29) is 17.4 Å². The average Bonchev–Trinajstić information content (AvgIpc) is 3.25. The third-order valence-corrected chi connectivity index (χ3v) is 4.59. The zero-order valence-corrected chi connectivity index (χ0v) is 13.2. The van der Waals surface area contributed by atoms with E-state index in [1.807, 2.05) is 24.3 Å². The molecule has 0 radical (unpaired) electrons. The molecule has 0 fully saturated rings. The Hall–Kier alpha value is -3.12. The number of hydrogen-bond acceptors (Lipinski definition) is 5. The summed E-state index contributed by atoms with van der Waals surface area (Å²) < 4.78 is 6.11. The molecule has 0 unspecified atom stereocenters. The van der Waals surface area contributed by atoms with Gasteiger partial charge in [0, 0.05) is 5.69 Å². The smallest absolute Gasteiger partial charge is 0.291 e. The molecule has 2 aromatic carbocycles. The third-order valence-electron chi connectivity index (χ3n) is 3.52. The topological polar surface area (TPSA) is 75.4 Å². The molecule has 2 N–H and O–H groups in total. The molecule has 0 aliphatic heterocycles. The summed E-state index contributed by atoms with van der Waals surface area (Å²) in [6, 6.07) is 15.9. The van der Waals surface area contributed by atoms with E-state index >= 15 is 0 Å². The maximum atomic E-state index is 12.1. The number of para-hydroxylation sites is 1. The van der Waals surface area contributed by atoms with E-state index in [4.69, 9.17) is 4.42 Å². The zero-order chi connectivity index (χ0) is 16.5. The van der Waals surface area contributed by atoms with Gasteiger partial charge in [-0.15, -0.1) is 11.3 Å². The summed E-state index contributed by atoms with van der Waals surface area (Å²) in [7, 11) is 0. The predicted octanol–water partition coefficient (Wildman–Crippen LogP) is 4.51. The number of thiazole rings is 1. The van der Waals surface area contributed by atoms with Crippen LogP contribution in [-0.2, 0) is 0 Å². The van der Waals surface area contributed by atoms with Gasteiger partial charge in [0.15, 0.2) is 5.76 Å². The number of furan rings is 1. The fraction of sp³-hybridized carbons (Fsp3) is 0. The minimum atomic E-state index is -0.346. The van der Waals surface area contributed by atoms with Crippen LogP contribution in [0.3, 0.4) is 0 Å². The summed E-state index contributed by atoms with van der Waals surface area (Å²) in [5.74, 6) is -0.00407. The largest absolute Gasteiger partial charge is 0.507 e. The van der Waals surface area contributed by atoms with Crippen molar-refractivity contribution in [2.24, 2.45) is 0 Å². The number of carbonyl (C=O) groups is 1. The number of aromatic nitrogens is 1. The fourth-order valence-electron chi connectivity index (χ4n) is 2.37. The number of carbonyl (C=O) groups excluding carboxylic acids is 1. The van der Waals surface area contributed by atoms with Crippen LogP contribution in [0, 0.1) is 0 Å². The monoisotopic (exact) mass is 336 g/mol. The van der Waals surface area contributed by atoms with Gasteiger partial charge in [0.05, 0.1) is 22.0 Å². The second-order valence-electron chi connectivity index (χ2n) is 5.15. The molecule has 6 heteroatoms. The highest BCUT2D eigenvalue weighted by Crippen LogP contribution is 2.36. The molecule has 118 valence electrons. The highest BCUT2D eigenvalue weighted by molar-refractivity contribution is 7.21. The summed E-state index contributed by atoms with van der Waals surface area (Å²) in [4.78, 5) is 16.6. The minimum Gasteiger partial charge on any atom is -0.507 e. The van der Waals surface area contributed by atoms with Crippen molar-refractivity contribution >= 4 is 33.1 Å². The van der Waals surface area contributed by atoms with E-state index < -0.39 is 0 Å². The van der Waals surface area contributed by atoms with Crippen molar-refractivity contribution in [3.63, 3.8) is 0 Å². The highest BCUT2D eigenvalue weighted by Gasteiger charge is 2.13. The number of phenolic OH excluding ortho intramolecular Hbond substituents is 1. The van der Waals surface area contributed by atoms with Gasteiger partial charge in [-0.1, -0.05) is 12.1 Å². The molecule has 0 atom stereocenters. The molecule has 2 aromatic heterocycles. The lowest BCUT2D eigenvalue weighted by Crippen LogP contribution is -2.10. The molecule has 0 saturated carbocycles. The van der Waals surface area contributed by atoms with E-state index in [0.717, 1.165) is 10.2 Å². The Kier molecular flexibility index (Phi) is 3.51. The molecule has 24 heavy (non-hydrogen) atoms. The lowest BCUT2D eigenvalue weighted by molar-refractivity contribution is 0.0996. The van der Waals surface area contributed by atoms with Crippen molar-refractivity contribution in [2.75, 3.05) is 5.32 Å². The maximum absolute atomic E-state index is 12.1. The first-order chi connectivity index (χ1) is 11.7. The first kappa shape index (κ1) is 14.5. The minimum absolute atomic E-state index is 0.116. The third kappa shape index (κ3) is 2.63. The molecular weight excluding hydrogens is 324 g/mol. The number of nitrogens with one attached hydrogen (secondary N) is 1. The first-order valence-electron chi connectivity index (χ1n) is 7.24. The number of rotatable bonds is 3. The van der Waals surface area contributed by atoms with E-state index in [1.165, 1.54) is 17.6 Å². The van der Waals surface area contributed by atoms with Crippen LogP contribution < -0.4 is 5.32 Å². The molecule has 2 heterocycles. The van der Waals surface area contributed by atoms with E-state index in [0.29, 0.717) is 16.3 Å². The van der Waals surface area contributed by atoms with Crippen LogP contribution >= 0.6 is 11.3 Å². The number of benzene rings is 2. The Morgan fingerprint density at radius 2 is 2.00 bits per heavy atom. The Bertz CT molecular complexity index is 989. The Balaban J connectivity index is 1.69. The number of anilines is 1. The normalized spacial score (nSPS) is 10.8. The lowest BCUT2D eigenvalue weighted by atomic mass is 10.2. The molecule has 0 aliphatic rings. The van der Waals surface area contributed by atoms with Crippen molar-refractivity contribution in [3.8, 4) is 16.3 Å². The van der Waals surface area contributed by atoms with Gasteiger partial charge in [-0.25, -0.2) is 4.98 Å². The second kappa shape index (κ2) is 5.82. The van der Waals surface area contributed by atoms with Crippen LogP contribution in [0.2, 0.25) is 0 Å². The van der Waals surface area contributed by atoms with Gasteiger partial charge < -0.3 is 14.8 Å². The number of aromatic hydroxyl groups is 1. The quantitative estimate of drug-likeness (QED) is 0.540. The van der Waals surface area contributed by atoms with Crippen LogP contribution in [0.4, 0.5) is 5.69 Å². The Morgan fingerprint density at radius 1 is 1.12 bits per heavy atom. The molecule has 1 amide bonds. The molecule has 0 bridgehead atoms. The molecule has 0 aliphatic carbocycles. The summed E-state index contributed by atoms with van der Waals surface area (Å²) in [6.45, 7) is 0. The summed E-state index contributed by atoms with van der Waals surface area (Å²) in [6.07, 6.45) is 1.44. The molecule has 4 aromatic rings. The van der Waals surface area contributed by atoms with Gasteiger partial charge in [0.25, 0.3) is 5.91 Å². The number of hydrogen-bond donors (Lipinski definition) is 2. The summed E-state index contributed by atoms with van der Waals surface area (Å²) in [5, 5.41) is 13.6. The Morgan fingerprint density at radius 3 is 2.79 bits per heavy atom. The molecule has 5 nitrogen and oxygen atoms in total. The van der Waals surface area contributed by atoms with Crippen molar-refractivity contribution in [3.05, 3.63) is 66.6 Å². The van der Waals surface area contributed by atoms with Gasteiger partial charge in [-0.2, -0.15) is 0 Å². The number of nitrogens with zero attached hydrogens (tertiary/aromatic N) is 1. The van der Waals surface area contributed by atoms with Gasteiger partial charge >= 0.3 is 0 Å². The average molecular weight is 336 g/mol. The second-order valence-corrected chi connectivity index (χ2v) is 6.18. The van der Waals surface area contributed by atoms with Crippen LogP contribution in [0.15, 0.2) is 65.3 Å². The van der Waals surface area contributed by atoms with E-state index in [9.17, 15) is 9.90 Å². The van der Waals surface area contributed by atoms with Gasteiger partial charge in [0.1, 0.15) is 10.8 Å². The summed E-state index contributed by atoms with van der Waals surface area (Å²) >= 11 is 1.49. The molecular formula is C18H12N2O3S. The number of fused-ring (bicyclic) bond motifs is 1. The van der Waals surface area contributed by atoms with Crippen molar-refractivity contribution in [1.29, 1.82) is 0 Å². The van der Waals surface area contributed by atoms with E-state index in [2.05, 4.69) is 10.3 Å². The van der Waals surface area contributed by atoms with E-state index in [1.54, 1.807) is 30.3 Å². The van der Waals surface area contributed by atoms with Gasteiger partial charge in [-0.05, 0) is 42.5 Å². The fourth-order valence-corrected chi connectivity index (χ4v) is 3.36. The van der Waals surface area contributed by atoms with Crippen LogP contribution in [0.1, 0.15) is 10.6 Å². The Labute approximate surface area is 141 Å². The summed E-state index contributed by atoms with van der Waals surface area (Å²) in [5.41, 5.74) is 2.01. The zero-order valence-electron chi connectivity index (χ0n) is 12.4. The van der Waals surface area contributed by atoms with Crippen LogP contribution in [-0.4, -0.2) is 16.0 Å². The molecule has 0 spiro atoms. The van der Waals surface area contributed by atoms with Crippen LogP contribution in [0.5, 0.6) is 5.75 Å². The van der Waals surface area contributed by atoms with Crippen molar-refractivity contribution < 1.29 is 14.3 Å². The van der Waals surface area contributed by atoms with Crippen molar-refractivity contribution in [1.82, 2.24) is 4.98 Å². The van der Waals surface area contributed by atoms with Crippen LogP contribution in [0.25, 0.3) is 20.8 Å². The lowest BCUT2D eigenvalue weighted by Gasteiger charge is -2.06. The maximum Gasteiger partial charge on any atom is 0.291 e. The molecule has 0 saturated heterocycles. The first-order valence-corrected chi connectivity index (χ1v) is 8.06. The van der Waals surface area contributed by atoms with Crippen molar-refractivity contribution in [2.45, 2.75) is 0 Å². The standard InChI is InChI=1S/C18H12N2O3S/c21-14-8-7-11(19-17(22)15-5-3-9-23-15)10-12(14)18-20-13-4-1-2-6-16(13)24-18/h1-10,21H,(H,19,22). The number of amides is 1. The highest BCUT2D eigenvalue weighted by atomic mass is 32.1. The SMILES string of the molecule is O=C(Nc1ccc(O)c(-c2nc3ccccc3s2)c1)c1ccco1. The van der Waals surface area contributed by atoms with Gasteiger partial charge in [0.2, 0.25) is 0 Å². The molecule has 4 rings (SSSR count). The predicted molar refractivity (Wildman–Crippen MR) is 93.4 cm³/mol.